The first-order valence-electron chi connectivity index (χ1n) is 8.68. The van der Waals surface area contributed by atoms with Crippen LogP contribution in [0.15, 0.2) is 40.9 Å². The fraction of sp³-hybridized carbons (Fsp3) is 0.263. The minimum absolute atomic E-state index is 0.00638. The van der Waals surface area contributed by atoms with Gasteiger partial charge >= 0.3 is 5.97 Å². The van der Waals surface area contributed by atoms with Gasteiger partial charge < -0.3 is 14.8 Å². The summed E-state index contributed by atoms with van der Waals surface area (Å²) >= 11 is 0. The molecule has 8 heteroatoms. The van der Waals surface area contributed by atoms with Crippen LogP contribution in [0.4, 0.5) is 0 Å². The molecule has 3 N–H and O–H groups in total. The molecule has 0 spiro atoms. The summed E-state index contributed by atoms with van der Waals surface area (Å²) < 4.78 is 5.61. The Morgan fingerprint density at radius 3 is 2.63 bits per heavy atom. The molecule has 0 fully saturated rings. The van der Waals surface area contributed by atoms with Gasteiger partial charge in [-0.25, -0.2) is 9.78 Å². The maximum absolute atomic E-state index is 12.3. The van der Waals surface area contributed by atoms with Crippen LogP contribution in [0.1, 0.15) is 47.7 Å². The van der Waals surface area contributed by atoms with Gasteiger partial charge in [0.1, 0.15) is 5.69 Å². The number of carboxylic acids is 1. The molecule has 0 aliphatic heterocycles. The molecule has 0 bridgehead atoms. The van der Waals surface area contributed by atoms with Crippen LogP contribution in [0, 0.1) is 0 Å². The van der Waals surface area contributed by atoms with Crippen molar-refractivity contribution in [3.05, 3.63) is 48.0 Å². The number of benzene rings is 1. The number of nitrogens with one attached hydrogen (secondary N) is 2. The lowest BCUT2D eigenvalue weighted by atomic mass is 10.1. The number of oxazole rings is 1. The number of amides is 1. The molecule has 0 aliphatic rings. The Bertz CT molecular complexity index is 956. The van der Waals surface area contributed by atoms with Crippen LogP contribution >= 0.6 is 0 Å². The molecule has 0 saturated heterocycles. The second-order valence-electron chi connectivity index (χ2n) is 6.07. The normalized spacial score (nSPS) is 10.9. The van der Waals surface area contributed by atoms with E-state index < -0.39 is 5.97 Å². The van der Waals surface area contributed by atoms with Gasteiger partial charge in [0.2, 0.25) is 11.7 Å². The SMILES string of the molecule is CCC(CC)NC(=O)c1cnc(-c2cccc(-c3cc(C(=O)O)[nH]n3)c2)o1. The predicted molar refractivity (Wildman–Crippen MR) is 98.3 cm³/mol. The number of carbonyl (C=O) groups excluding carboxylic acids is 1. The van der Waals surface area contributed by atoms with Crippen molar-refractivity contribution in [1.29, 1.82) is 0 Å². The Morgan fingerprint density at radius 2 is 1.96 bits per heavy atom. The van der Waals surface area contributed by atoms with Gasteiger partial charge in [-0.3, -0.25) is 9.89 Å². The number of hydrogen-bond donors (Lipinski definition) is 3. The van der Waals surface area contributed by atoms with Crippen LogP contribution in [-0.2, 0) is 0 Å². The van der Waals surface area contributed by atoms with E-state index in [2.05, 4.69) is 20.5 Å². The minimum atomic E-state index is -1.08. The molecule has 1 amide bonds. The van der Waals surface area contributed by atoms with Gasteiger partial charge in [-0.2, -0.15) is 5.10 Å². The van der Waals surface area contributed by atoms with Gasteiger partial charge in [-0.1, -0.05) is 26.0 Å². The van der Waals surface area contributed by atoms with Crippen molar-refractivity contribution >= 4 is 11.9 Å². The molecule has 0 saturated carbocycles. The van der Waals surface area contributed by atoms with Gasteiger partial charge in [0, 0.05) is 17.2 Å². The van der Waals surface area contributed by atoms with E-state index in [0.29, 0.717) is 22.7 Å². The summed E-state index contributed by atoms with van der Waals surface area (Å²) in [6, 6.07) is 8.70. The smallest absolute Gasteiger partial charge is 0.353 e. The topological polar surface area (TPSA) is 121 Å². The number of rotatable bonds is 7. The van der Waals surface area contributed by atoms with Crippen molar-refractivity contribution in [2.24, 2.45) is 0 Å². The van der Waals surface area contributed by atoms with Gasteiger partial charge in [0.25, 0.3) is 5.91 Å². The number of H-pyrrole nitrogens is 1. The summed E-state index contributed by atoms with van der Waals surface area (Å²) in [5.74, 6) is -0.918. The van der Waals surface area contributed by atoms with Crippen molar-refractivity contribution in [1.82, 2.24) is 20.5 Å². The van der Waals surface area contributed by atoms with Gasteiger partial charge in [0.05, 0.1) is 11.9 Å². The number of aromatic amines is 1. The van der Waals surface area contributed by atoms with Gasteiger partial charge in [-0.05, 0) is 31.0 Å². The second kappa shape index (κ2) is 7.86. The largest absolute Gasteiger partial charge is 0.477 e. The monoisotopic (exact) mass is 368 g/mol. The lowest BCUT2D eigenvalue weighted by Crippen LogP contribution is -2.33. The molecule has 8 nitrogen and oxygen atoms in total. The van der Waals surface area contributed by atoms with Crippen LogP contribution in [0.5, 0.6) is 0 Å². The number of aromatic nitrogens is 3. The fourth-order valence-electron chi connectivity index (χ4n) is 2.65. The Kier molecular flexibility index (Phi) is 5.35. The second-order valence-corrected chi connectivity index (χ2v) is 6.07. The quantitative estimate of drug-likeness (QED) is 0.588. The van der Waals surface area contributed by atoms with E-state index in [4.69, 9.17) is 9.52 Å². The van der Waals surface area contributed by atoms with Crippen molar-refractivity contribution < 1.29 is 19.1 Å². The first-order chi connectivity index (χ1) is 13.0. The van der Waals surface area contributed by atoms with Crippen molar-refractivity contribution in [3.63, 3.8) is 0 Å². The van der Waals surface area contributed by atoms with Gasteiger partial charge in [0.15, 0.2) is 0 Å². The highest BCUT2D eigenvalue weighted by molar-refractivity contribution is 5.91. The minimum Gasteiger partial charge on any atom is -0.477 e. The highest BCUT2D eigenvalue weighted by Gasteiger charge is 2.17. The molecule has 0 unspecified atom stereocenters. The van der Waals surface area contributed by atoms with E-state index >= 15 is 0 Å². The van der Waals surface area contributed by atoms with Crippen LogP contribution in [-0.4, -0.2) is 38.2 Å². The zero-order valence-corrected chi connectivity index (χ0v) is 15.0. The van der Waals surface area contributed by atoms with E-state index in [0.717, 1.165) is 12.8 Å². The molecule has 2 aromatic heterocycles. The Labute approximate surface area is 155 Å². The van der Waals surface area contributed by atoms with E-state index in [1.54, 1.807) is 24.3 Å². The maximum atomic E-state index is 12.3. The molecule has 3 rings (SSSR count). The molecule has 27 heavy (non-hydrogen) atoms. The van der Waals surface area contributed by atoms with E-state index in [1.807, 2.05) is 13.8 Å². The molecule has 3 aromatic rings. The summed E-state index contributed by atoms with van der Waals surface area (Å²) in [5, 5.41) is 18.4. The summed E-state index contributed by atoms with van der Waals surface area (Å²) in [6.45, 7) is 4.02. The van der Waals surface area contributed by atoms with Gasteiger partial charge in [-0.15, -0.1) is 0 Å². The van der Waals surface area contributed by atoms with E-state index in [-0.39, 0.29) is 23.4 Å². The molecule has 0 aliphatic carbocycles. The van der Waals surface area contributed by atoms with E-state index in [1.165, 1.54) is 12.3 Å². The standard InChI is InChI=1S/C19H20N4O4/c1-3-13(4-2)21-17(24)16-10-20-18(27-16)12-7-5-6-11(8-12)14-9-15(19(25)26)23-22-14/h5-10,13H,3-4H2,1-2H3,(H,21,24)(H,22,23)(H,25,26). The zero-order chi connectivity index (χ0) is 19.4. The maximum Gasteiger partial charge on any atom is 0.353 e. The van der Waals surface area contributed by atoms with Crippen LogP contribution in [0.3, 0.4) is 0 Å². The third kappa shape index (κ3) is 4.05. The summed E-state index contributed by atoms with van der Waals surface area (Å²) in [5.41, 5.74) is 1.87. The average Bonchev–Trinajstić information content (AvgIpc) is 3.36. The van der Waals surface area contributed by atoms with Crippen molar-refractivity contribution in [2.45, 2.75) is 32.7 Å². The lowest BCUT2D eigenvalue weighted by molar-refractivity contribution is 0.0690. The highest BCUT2D eigenvalue weighted by Crippen LogP contribution is 2.25. The number of aromatic carboxylic acids is 1. The Morgan fingerprint density at radius 1 is 1.22 bits per heavy atom. The summed E-state index contributed by atoms with van der Waals surface area (Å²) in [7, 11) is 0. The number of carbonyl (C=O) groups is 2. The summed E-state index contributed by atoms with van der Waals surface area (Å²) in [4.78, 5) is 27.4. The fourth-order valence-corrected chi connectivity index (χ4v) is 2.65. The molecule has 1 aromatic carbocycles. The molecule has 0 radical (unpaired) electrons. The molecule has 0 atom stereocenters. The number of carboxylic acid groups (broad SMARTS) is 1. The third-order valence-corrected chi connectivity index (χ3v) is 4.26. The van der Waals surface area contributed by atoms with Crippen molar-refractivity contribution in [3.8, 4) is 22.7 Å². The Hall–Kier alpha value is -3.42. The predicted octanol–water partition coefficient (Wildman–Crippen LogP) is 3.35. The Balaban J connectivity index is 1.82. The number of nitrogens with zero attached hydrogens (tertiary/aromatic N) is 2. The number of hydrogen-bond acceptors (Lipinski definition) is 5. The van der Waals surface area contributed by atoms with Crippen LogP contribution in [0.2, 0.25) is 0 Å². The highest BCUT2D eigenvalue weighted by atomic mass is 16.4. The average molecular weight is 368 g/mol. The first-order valence-corrected chi connectivity index (χ1v) is 8.68. The van der Waals surface area contributed by atoms with E-state index in [9.17, 15) is 9.59 Å². The first kappa shape index (κ1) is 18.4. The zero-order valence-electron chi connectivity index (χ0n) is 15.0. The van der Waals surface area contributed by atoms with Crippen molar-refractivity contribution in [2.75, 3.05) is 0 Å². The van der Waals surface area contributed by atoms with Crippen LogP contribution < -0.4 is 5.32 Å². The molecular weight excluding hydrogens is 348 g/mol. The van der Waals surface area contributed by atoms with Crippen LogP contribution in [0.25, 0.3) is 22.7 Å². The molecule has 2 heterocycles. The summed E-state index contributed by atoms with van der Waals surface area (Å²) in [6.07, 6.45) is 3.08. The third-order valence-electron chi connectivity index (χ3n) is 4.26. The molecular formula is C19H20N4O4. The lowest BCUT2D eigenvalue weighted by Gasteiger charge is -2.12. The molecule has 140 valence electrons.